The van der Waals surface area contributed by atoms with E-state index < -0.39 is 17.7 Å². The predicted octanol–water partition coefficient (Wildman–Crippen LogP) is 7.32. The summed E-state index contributed by atoms with van der Waals surface area (Å²) in [5, 5.41) is 9.97. The first-order valence-corrected chi connectivity index (χ1v) is 11.2. The number of hydrogen-bond donors (Lipinski definition) is 1. The third kappa shape index (κ3) is 5.70. The Morgan fingerprint density at radius 2 is 1.77 bits per heavy atom. The van der Waals surface area contributed by atoms with Crippen molar-refractivity contribution in [2.75, 3.05) is 6.61 Å². The molecule has 2 aromatic rings. The van der Waals surface area contributed by atoms with E-state index in [9.17, 15) is 18.3 Å². The highest BCUT2D eigenvalue weighted by atomic mass is 19.2. The van der Waals surface area contributed by atoms with Crippen LogP contribution in [0.4, 0.5) is 13.2 Å². The fraction of sp³-hybridized carbons (Fsp3) is 0.462. The summed E-state index contributed by atoms with van der Waals surface area (Å²) < 4.78 is 48.2. The molecule has 1 aliphatic rings. The summed E-state index contributed by atoms with van der Waals surface area (Å²) in [4.78, 5) is 0. The van der Waals surface area contributed by atoms with Crippen LogP contribution in [0.2, 0.25) is 0 Å². The van der Waals surface area contributed by atoms with Crippen molar-refractivity contribution < 1.29 is 23.0 Å². The Morgan fingerprint density at radius 1 is 1.03 bits per heavy atom. The maximum Gasteiger partial charge on any atom is 0.166 e. The third-order valence-corrected chi connectivity index (χ3v) is 6.11. The lowest BCUT2D eigenvalue weighted by Crippen LogP contribution is -2.12. The summed E-state index contributed by atoms with van der Waals surface area (Å²) in [5.74, 6) is -1.36. The summed E-state index contributed by atoms with van der Waals surface area (Å²) >= 11 is 0. The molecule has 31 heavy (non-hydrogen) atoms. The second-order valence-corrected chi connectivity index (χ2v) is 8.27. The standard InChI is InChI=1S/C26H31F3O2/c1-3-5-23(30)21-14-12-19(25(28)26(21)29)11-8-17-6-9-18(10-7-17)20-13-15-24(31-4-2)22(27)16-20/h8,11-18,23,30H,3-7,9-10H2,1-2H3/b11-8+. The van der Waals surface area contributed by atoms with Crippen LogP contribution in [0.3, 0.4) is 0 Å². The van der Waals surface area contributed by atoms with Gasteiger partial charge in [-0.2, -0.15) is 0 Å². The van der Waals surface area contributed by atoms with Gasteiger partial charge in [0.1, 0.15) is 0 Å². The number of halogens is 3. The molecule has 0 heterocycles. The zero-order valence-corrected chi connectivity index (χ0v) is 18.2. The first-order chi connectivity index (χ1) is 14.9. The zero-order chi connectivity index (χ0) is 22.4. The Labute approximate surface area is 182 Å². The van der Waals surface area contributed by atoms with Crippen LogP contribution in [0, 0.1) is 23.4 Å². The lowest BCUT2D eigenvalue weighted by molar-refractivity contribution is 0.160. The number of allylic oxidation sites excluding steroid dienone is 1. The molecule has 3 rings (SSSR count). The van der Waals surface area contributed by atoms with E-state index in [-0.39, 0.29) is 28.6 Å². The number of benzene rings is 2. The molecule has 0 spiro atoms. The Hall–Kier alpha value is -2.27. The topological polar surface area (TPSA) is 29.5 Å². The Kier molecular flexibility index (Phi) is 8.19. The monoisotopic (exact) mass is 432 g/mol. The highest BCUT2D eigenvalue weighted by molar-refractivity contribution is 5.51. The number of aliphatic hydroxyl groups excluding tert-OH is 1. The van der Waals surface area contributed by atoms with Gasteiger partial charge in [-0.15, -0.1) is 0 Å². The molecule has 0 saturated heterocycles. The number of rotatable bonds is 8. The van der Waals surface area contributed by atoms with Crippen molar-refractivity contribution in [3.8, 4) is 5.75 Å². The van der Waals surface area contributed by atoms with E-state index >= 15 is 0 Å². The average molecular weight is 433 g/mol. The van der Waals surface area contributed by atoms with Gasteiger partial charge in [-0.05, 0) is 68.6 Å². The highest BCUT2D eigenvalue weighted by Crippen LogP contribution is 2.38. The minimum absolute atomic E-state index is 0.0135. The molecule has 0 radical (unpaired) electrons. The molecule has 0 aromatic heterocycles. The second-order valence-electron chi connectivity index (χ2n) is 8.27. The molecule has 1 aliphatic carbocycles. The molecule has 0 amide bonds. The van der Waals surface area contributed by atoms with E-state index in [2.05, 4.69) is 0 Å². The van der Waals surface area contributed by atoms with Crippen molar-refractivity contribution in [1.29, 1.82) is 0 Å². The fourth-order valence-corrected chi connectivity index (χ4v) is 4.32. The molecule has 0 bridgehead atoms. The smallest absolute Gasteiger partial charge is 0.166 e. The van der Waals surface area contributed by atoms with E-state index in [1.807, 2.05) is 26.0 Å². The molecular formula is C26H31F3O2. The first-order valence-electron chi connectivity index (χ1n) is 11.2. The Morgan fingerprint density at radius 3 is 2.42 bits per heavy atom. The molecule has 5 heteroatoms. The molecule has 2 nitrogen and oxygen atoms in total. The molecule has 2 aromatic carbocycles. The van der Waals surface area contributed by atoms with Gasteiger partial charge in [0.15, 0.2) is 23.2 Å². The van der Waals surface area contributed by atoms with Gasteiger partial charge in [0.2, 0.25) is 0 Å². The Bertz CT molecular complexity index is 902. The van der Waals surface area contributed by atoms with Gasteiger partial charge < -0.3 is 9.84 Å². The van der Waals surface area contributed by atoms with Gasteiger partial charge >= 0.3 is 0 Å². The van der Waals surface area contributed by atoms with Crippen LogP contribution in [-0.4, -0.2) is 11.7 Å². The van der Waals surface area contributed by atoms with E-state index in [1.54, 1.807) is 18.2 Å². The van der Waals surface area contributed by atoms with Crippen molar-refractivity contribution in [2.45, 2.75) is 64.4 Å². The van der Waals surface area contributed by atoms with Gasteiger partial charge in [-0.1, -0.05) is 43.7 Å². The van der Waals surface area contributed by atoms with Crippen LogP contribution in [0.5, 0.6) is 5.75 Å². The minimum atomic E-state index is -0.986. The van der Waals surface area contributed by atoms with Gasteiger partial charge in [0.05, 0.1) is 12.7 Å². The van der Waals surface area contributed by atoms with Crippen LogP contribution in [0.15, 0.2) is 36.4 Å². The molecule has 168 valence electrons. The largest absolute Gasteiger partial charge is 0.491 e. The van der Waals surface area contributed by atoms with Gasteiger partial charge in [0.25, 0.3) is 0 Å². The summed E-state index contributed by atoms with van der Waals surface area (Å²) in [6.45, 7) is 4.14. The molecule has 1 atom stereocenters. The number of aliphatic hydroxyl groups is 1. The first kappa shape index (κ1) is 23.4. The van der Waals surface area contributed by atoms with Crippen LogP contribution < -0.4 is 4.74 Å². The molecule has 1 saturated carbocycles. The number of ether oxygens (including phenoxy) is 1. The predicted molar refractivity (Wildman–Crippen MR) is 118 cm³/mol. The second kappa shape index (κ2) is 10.9. The summed E-state index contributed by atoms with van der Waals surface area (Å²) in [5.41, 5.74) is 1.19. The van der Waals surface area contributed by atoms with Crippen molar-refractivity contribution in [3.05, 3.63) is 70.5 Å². The van der Waals surface area contributed by atoms with E-state index in [4.69, 9.17) is 4.74 Å². The van der Waals surface area contributed by atoms with Crippen molar-refractivity contribution in [1.82, 2.24) is 0 Å². The van der Waals surface area contributed by atoms with Gasteiger partial charge in [0, 0.05) is 11.1 Å². The highest BCUT2D eigenvalue weighted by Gasteiger charge is 2.22. The van der Waals surface area contributed by atoms with Crippen molar-refractivity contribution >= 4 is 6.08 Å². The Balaban J connectivity index is 1.61. The average Bonchev–Trinajstić information content (AvgIpc) is 2.77. The van der Waals surface area contributed by atoms with Crippen LogP contribution in [0.1, 0.15) is 81.1 Å². The third-order valence-electron chi connectivity index (χ3n) is 6.11. The van der Waals surface area contributed by atoms with E-state index in [1.165, 1.54) is 12.1 Å². The quantitative estimate of drug-likeness (QED) is 0.473. The summed E-state index contributed by atoms with van der Waals surface area (Å²) in [7, 11) is 0. The molecule has 1 N–H and O–H groups in total. The van der Waals surface area contributed by atoms with E-state index in [0.717, 1.165) is 31.2 Å². The molecular weight excluding hydrogens is 401 g/mol. The van der Waals surface area contributed by atoms with Crippen LogP contribution in [0.25, 0.3) is 6.08 Å². The molecule has 1 unspecified atom stereocenters. The van der Waals surface area contributed by atoms with Crippen molar-refractivity contribution in [2.24, 2.45) is 5.92 Å². The summed E-state index contributed by atoms with van der Waals surface area (Å²) in [6, 6.07) is 8.19. The zero-order valence-electron chi connectivity index (χ0n) is 18.2. The van der Waals surface area contributed by atoms with Crippen LogP contribution >= 0.6 is 0 Å². The van der Waals surface area contributed by atoms with E-state index in [0.29, 0.717) is 25.4 Å². The molecule has 1 fully saturated rings. The van der Waals surface area contributed by atoms with Crippen molar-refractivity contribution in [3.63, 3.8) is 0 Å². The minimum Gasteiger partial charge on any atom is -0.491 e. The maximum atomic E-state index is 14.4. The SMILES string of the molecule is CCCC(O)c1ccc(/C=C/C2CCC(c3ccc(OCC)c(F)c3)CC2)c(F)c1F. The summed E-state index contributed by atoms with van der Waals surface area (Å²) in [6.07, 6.45) is 7.33. The normalized spacial score (nSPS) is 20.2. The number of hydrogen-bond acceptors (Lipinski definition) is 2. The molecule has 0 aliphatic heterocycles. The van der Waals surface area contributed by atoms with Gasteiger partial charge in [-0.25, -0.2) is 13.2 Å². The van der Waals surface area contributed by atoms with Crippen LogP contribution in [-0.2, 0) is 0 Å². The lowest BCUT2D eigenvalue weighted by atomic mass is 9.78. The lowest BCUT2D eigenvalue weighted by Gasteiger charge is -2.27. The fourth-order valence-electron chi connectivity index (χ4n) is 4.32. The van der Waals surface area contributed by atoms with Gasteiger partial charge in [-0.3, -0.25) is 0 Å². The maximum absolute atomic E-state index is 14.4.